The third-order valence-electron chi connectivity index (χ3n) is 5.61. The average Bonchev–Trinajstić information content (AvgIpc) is 3.11. The first-order chi connectivity index (χ1) is 14.3. The number of hydrogen-bond donors (Lipinski definition) is 0. The maximum absolute atomic E-state index is 2.39. The zero-order valence-electron chi connectivity index (χ0n) is 16.5. The topological polar surface area (TPSA) is 4.93 Å². The minimum atomic E-state index is 0.976. The normalized spacial score (nSPS) is 11.6. The van der Waals surface area contributed by atoms with E-state index in [1.54, 1.807) is 0 Å². The molecule has 0 bridgehead atoms. The Hall–Kier alpha value is -3.58. The Morgan fingerprint density at radius 2 is 1.38 bits per heavy atom. The van der Waals surface area contributed by atoms with Crippen LogP contribution in [0.25, 0.3) is 45.1 Å². The summed E-state index contributed by atoms with van der Waals surface area (Å²) in [5.41, 5.74) is 7.56. The molecule has 1 aromatic heterocycles. The van der Waals surface area contributed by atoms with Gasteiger partial charge in [0, 0.05) is 28.4 Å². The number of rotatable bonds is 4. The highest BCUT2D eigenvalue weighted by atomic mass is 15.0. The van der Waals surface area contributed by atoms with Crippen molar-refractivity contribution in [3.05, 3.63) is 108 Å². The third kappa shape index (κ3) is 3.15. The molecule has 0 aliphatic heterocycles. The molecule has 0 aliphatic carbocycles. The van der Waals surface area contributed by atoms with E-state index in [9.17, 15) is 0 Å². The Morgan fingerprint density at radius 1 is 0.655 bits per heavy atom. The predicted molar refractivity (Wildman–Crippen MR) is 126 cm³/mol. The molecule has 0 atom stereocenters. The fraction of sp³-hybridized carbons (Fsp3) is 0.0714. The first-order valence-electron chi connectivity index (χ1n) is 10.2. The molecule has 29 heavy (non-hydrogen) atoms. The highest BCUT2D eigenvalue weighted by Gasteiger charge is 2.09. The van der Waals surface area contributed by atoms with Crippen molar-refractivity contribution in [1.82, 2.24) is 4.57 Å². The second kappa shape index (κ2) is 7.44. The van der Waals surface area contributed by atoms with Gasteiger partial charge in [-0.05, 0) is 47.4 Å². The second-order valence-corrected chi connectivity index (χ2v) is 7.32. The number of aromatic nitrogens is 1. The van der Waals surface area contributed by atoms with E-state index in [1.165, 1.54) is 44.1 Å². The number of hydrogen-bond acceptors (Lipinski definition) is 0. The zero-order valence-corrected chi connectivity index (χ0v) is 16.5. The summed E-state index contributed by atoms with van der Waals surface area (Å²) in [6, 6.07) is 34.6. The van der Waals surface area contributed by atoms with Gasteiger partial charge in [0.2, 0.25) is 0 Å². The van der Waals surface area contributed by atoms with Crippen molar-refractivity contribution >= 4 is 34.0 Å². The molecule has 0 saturated heterocycles. The van der Waals surface area contributed by atoms with Crippen molar-refractivity contribution in [2.24, 2.45) is 0 Å². The van der Waals surface area contributed by atoms with E-state index in [0.29, 0.717) is 0 Å². The van der Waals surface area contributed by atoms with Crippen LogP contribution in [0.1, 0.15) is 18.1 Å². The van der Waals surface area contributed by atoms with Crippen molar-refractivity contribution in [3.8, 4) is 11.1 Å². The monoisotopic (exact) mass is 373 g/mol. The second-order valence-electron chi connectivity index (χ2n) is 7.32. The Morgan fingerprint density at radius 3 is 2.24 bits per heavy atom. The fourth-order valence-electron chi connectivity index (χ4n) is 4.22. The molecular formula is C28H23N. The number of benzene rings is 4. The Balaban J connectivity index is 1.58. The van der Waals surface area contributed by atoms with E-state index in [-0.39, 0.29) is 0 Å². The van der Waals surface area contributed by atoms with Crippen LogP contribution in [0.15, 0.2) is 97.1 Å². The van der Waals surface area contributed by atoms with Crippen molar-refractivity contribution in [1.29, 1.82) is 0 Å². The molecule has 1 heteroatoms. The van der Waals surface area contributed by atoms with Crippen LogP contribution in [0.4, 0.5) is 0 Å². The van der Waals surface area contributed by atoms with E-state index >= 15 is 0 Å². The molecule has 4 aromatic carbocycles. The number of fused-ring (bicyclic) bond motifs is 3. The van der Waals surface area contributed by atoms with Gasteiger partial charge in [-0.1, -0.05) is 91.0 Å². The third-order valence-corrected chi connectivity index (χ3v) is 5.61. The standard InChI is InChI=1S/C28H23N/c1-2-29-27-15-9-8-14-25(27)26-20-21(17-19-28(26)29)16-18-23-12-6-7-13-24(23)22-10-4-3-5-11-22/h3-20H,2H2,1H3. The summed E-state index contributed by atoms with van der Waals surface area (Å²) in [6.45, 7) is 3.18. The average molecular weight is 373 g/mol. The number of aryl methyl sites for hydroxylation is 1. The first kappa shape index (κ1) is 17.5. The van der Waals surface area contributed by atoms with Crippen LogP contribution < -0.4 is 0 Å². The lowest BCUT2D eigenvalue weighted by atomic mass is 9.99. The van der Waals surface area contributed by atoms with Gasteiger partial charge in [-0.15, -0.1) is 0 Å². The molecule has 5 aromatic rings. The summed E-state index contributed by atoms with van der Waals surface area (Å²) in [5, 5.41) is 2.64. The van der Waals surface area contributed by atoms with Gasteiger partial charge in [-0.2, -0.15) is 0 Å². The summed E-state index contributed by atoms with van der Waals surface area (Å²) >= 11 is 0. The van der Waals surface area contributed by atoms with Gasteiger partial charge in [-0.3, -0.25) is 0 Å². The lowest BCUT2D eigenvalue weighted by Gasteiger charge is -2.06. The van der Waals surface area contributed by atoms with Crippen LogP contribution >= 0.6 is 0 Å². The minimum Gasteiger partial charge on any atom is -0.341 e. The van der Waals surface area contributed by atoms with E-state index in [4.69, 9.17) is 0 Å². The summed E-state index contributed by atoms with van der Waals surface area (Å²) in [4.78, 5) is 0. The lowest BCUT2D eigenvalue weighted by Crippen LogP contribution is -1.92. The van der Waals surface area contributed by atoms with E-state index in [1.807, 2.05) is 0 Å². The molecule has 0 spiro atoms. The molecule has 0 radical (unpaired) electrons. The largest absolute Gasteiger partial charge is 0.341 e. The van der Waals surface area contributed by atoms with E-state index in [2.05, 4.69) is 121 Å². The molecule has 0 unspecified atom stereocenters. The Bertz CT molecular complexity index is 1320. The molecule has 0 N–H and O–H groups in total. The van der Waals surface area contributed by atoms with Crippen molar-refractivity contribution in [2.45, 2.75) is 13.5 Å². The van der Waals surface area contributed by atoms with Gasteiger partial charge in [0.25, 0.3) is 0 Å². The van der Waals surface area contributed by atoms with Crippen LogP contribution in [0, 0.1) is 0 Å². The summed E-state index contributed by atoms with van der Waals surface area (Å²) < 4.78 is 2.39. The summed E-state index contributed by atoms with van der Waals surface area (Å²) in [7, 11) is 0. The molecule has 0 aliphatic rings. The Kier molecular flexibility index (Phi) is 4.50. The molecule has 0 saturated carbocycles. The van der Waals surface area contributed by atoms with Gasteiger partial charge in [0.15, 0.2) is 0 Å². The summed E-state index contributed by atoms with van der Waals surface area (Å²) in [5.74, 6) is 0. The Labute approximate surface area is 171 Å². The molecular weight excluding hydrogens is 350 g/mol. The summed E-state index contributed by atoms with van der Waals surface area (Å²) in [6.07, 6.45) is 4.45. The van der Waals surface area contributed by atoms with Gasteiger partial charge in [0.1, 0.15) is 0 Å². The zero-order chi connectivity index (χ0) is 19.6. The highest BCUT2D eigenvalue weighted by molar-refractivity contribution is 6.08. The van der Waals surface area contributed by atoms with Crippen molar-refractivity contribution < 1.29 is 0 Å². The van der Waals surface area contributed by atoms with Crippen LogP contribution in [0.2, 0.25) is 0 Å². The molecule has 1 heterocycles. The molecule has 140 valence electrons. The number of para-hydroxylation sites is 1. The number of nitrogens with zero attached hydrogens (tertiary/aromatic N) is 1. The van der Waals surface area contributed by atoms with E-state index in [0.717, 1.165) is 6.54 Å². The predicted octanol–water partition coefficient (Wildman–Crippen LogP) is 7.65. The van der Waals surface area contributed by atoms with Crippen LogP contribution in [0.3, 0.4) is 0 Å². The van der Waals surface area contributed by atoms with Crippen LogP contribution in [-0.4, -0.2) is 4.57 Å². The van der Waals surface area contributed by atoms with E-state index < -0.39 is 0 Å². The lowest BCUT2D eigenvalue weighted by molar-refractivity contribution is 0.827. The maximum atomic E-state index is 2.39. The highest BCUT2D eigenvalue weighted by Crippen LogP contribution is 2.30. The van der Waals surface area contributed by atoms with Crippen molar-refractivity contribution in [2.75, 3.05) is 0 Å². The first-order valence-corrected chi connectivity index (χ1v) is 10.2. The quantitative estimate of drug-likeness (QED) is 0.285. The SMILES string of the molecule is CCn1c2ccccc2c2cc(C=Cc3ccccc3-c3ccccc3)ccc21. The molecule has 0 fully saturated rings. The molecule has 5 rings (SSSR count). The van der Waals surface area contributed by atoms with Gasteiger partial charge in [0.05, 0.1) is 0 Å². The van der Waals surface area contributed by atoms with Gasteiger partial charge >= 0.3 is 0 Å². The minimum absolute atomic E-state index is 0.976. The smallest absolute Gasteiger partial charge is 0.0491 e. The van der Waals surface area contributed by atoms with Gasteiger partial charge < -0.3 is 4.57 Å². The fourth-order valence-corrected chi connectivity index (χ4v) is 4.22. The molecule has 1 nitrogen and oxygen atoms in total. The van der Waals surface area contributed by atoms with Gasteiger partial charge in [-0.25, -0.2) is 0 Å². The van der Waals surface area contributed by atoms with Crippen LogP contribution in [0.5, 0.6) is 0 Å². The van der Waals surface area contributed by atoms with Crippen molar-refractivity contribution in [3.63, 3.8) is 0 Å². The molecule has 0 amide bonds. The maximum Gasteiger partial charge on any atom is 0.0491 e. The van der Waals surface area contributed by atoms with Crippen LogP contribution in [-0.2, 0) is 6.54 Å².